The molecular formula is C27H36O6Si. The molecule has 0 bridgehead atoms. The number of methoxy groups -OCH3 is 4. The van der Waals surface area contributed by atoms with Gasteiger partial charge in [-0.25, -0.2) is 0 Å². The third kappa shape index (κ3) is 4.80. The molecule has 3 rings (SSSR count). The van der Waals surface area contributed by atoms with Crippen LogP contribution in [0.25, 0.3) is 5.57 Å². The van der Waals surface area contributed by atoms with Gasteiger partial charge in [0.15, 0.2) is 23.0 Å². The van der Waals surface area contributed by atoms with Crippen molar-refractivity contribution in [2.24, 2.45) is 0 Å². The molecule has 0 amide bonds. The Morgan fingerprint density at radius 3 is 2.00 bits per heavy atom. The van der Waals surface area contributed by atoms with E-state index in [0.29, 0.717) is 41.6 Å². The smallest absolute Gasteiger partial charge is 0.250 e. The average molecular weight is 485 g/mol. The molecule has 0 spiro atoms. The Kier molecular flexibility index (Phi) is 7.36. The Balaban J connectivity index is 2.23. The fourth-order valence-electron chi connectivity index (χ4n) is 3.85. The molecule has 0 fully saturated rings. The number of fused-ring (bicyclic) bond motifs is 1. The molecule has 2 aromatic rings. The van der Waals surface area contributed by atoms with Gasteiger partial charge >= 0.3 is 0 Å². The monoisotopic (exact) mass is 484 g/mol. The number of rotatable bonds is 7. The Bertz CT molecular complexity index is 1110. The van der Waals surface area contributed by atoms with Crippen molar-refractivity contribution in [2.75, 3.05) is 28.4 Å². The molecule has 0 aliphatic heterocycles. The van der Waals surface area contributed by atoms with Crippen molar-refractivity contribution < 1.29 is 28.2 Å². The number of ether oxygens (including phenoxy) is 4. The first-order chi connectivity index (χ1) is 16.0. The van der Waals surface area contributed by atoms with Gasteiger partial charge in [0, 0.05) is 12.0 Å². The Morgan fingerprint density at radius 2 is 1.44 bits per heavy atom. The normalized spacial score (nSPS) is 14.0. The molecular weight excluding hydrogens is 448 g/mol. The zero-order valence-corrected chi connectivity index (χ0v) is 22.8. The summed E-state index contributed by atoms with van der Waals surface area (Å²) in [6.45, 7) is 11.0. The molecule has 0 unspecified atom stereocenters. The first kappa shape index (κ1) is 25.7. The van der Waals surface area contributed by atoms with Gasteiger partial charge in [-0.3, -0.25) is 4.79 Å². The second-order valence-corrected chi connectivity index (χ2v) is 14.6. The maximum atomic E-state index is 12.8. The van der Waals surface area contributed by atoms with Gasteiger partial charge in [0.1, 0.15) is 5.75 Å². The third-order valence-electron chi connectivity index (χ3n) is 6.80. The van der Waals surface area contributed by atoms with Crippen LogP contribution in [0.5, 0.6) is 28.7 Å². The fourth-order valence-corrected chi connectivity index (χ4v) is 4.87. The maximum absolute atomic E-state index is 12.8. The molecule has 6 nitrogen and oxygen atoms in total. The average Bonchev–Trinajstić information content (AvgIpc) is 2.95. The van der Waals surface area contributed by atoms with Gasteiger partial charge in [-0.1, -0.05) is 26.8 Å². The zero-order chi connectivity index (χ0) is 25.3. The summed E-state index contributed by atoms with van der Waals surface area (Å²) in [6.07, 6.45) is 2.63. The van der Waals surface area contributed by atoms with Gasteiger partial charge in [0.25, 0.3) is 8.32 Å². The minimum atomic E-state index is -2.13. The highest BCUT2D eigenvalue weighted by atomic mass is 28.4. The van der Waals surface area contributed by atoms with E-state index < -0.39 is 8.32 Å². The fraction of sp³-hybridized carbons (Fsp3) is 0.444. The van der Waals surface area contributed by atoms with Gasteiger partial charge in [-0.05, 0) is 65.5 Å². The number of carbonyl (C=O) groups excluding carboxylic acids is 1. The molecule has 0 N–H and O–H groups in total. The van der Waals surface area contributed by atoms with E-state index >= 15 is 0 Å². The van der Waals surface area contributed by atoms with Crippen LogP contribution in [0.4, 0.5) is 0 Å². The highest BCUT2D eigenvalue weighted by molar-refractivity contribution is 6.74. The Morgan fingerprint density at radius 1 is 0.794 bits per heavy atom. The third-order valence-corrected chi connectivity index (χ3v) is 11.1. The number of benzene rings is 2. The van der Waals surface area contributed by atoms with Crippen molar-refractivity contribution in [2.45, 2.75) is 51.7 Å². The van der Waals surface area contributed by atoms with Crippen LogP contribution in [0.2, 0.25) is 18.1 Å². The summed E-state index contributed by atoms with van der Waals surface area (Å²) < 4.78 is 29.2. The van der Waals surface area contributed by atoms with Crippen LogP contribution in [-0.4, -0.2) is 42.5 Å². The van der Waals surface area contributed by atoms with E-state index in [1.807, 2.05) is 24.3 Å². The molecule has 0 radical (unpaired) electrons. The molecule has 0 atom stereocenters. The number of hydrogen-bond acceptors (Lipinski definition) is 6. The second-order valence-electron chi connectivity index (χ2n) is 9.92. The molecule has 2 aromatic carbocycles. The molecule has 0 saturated carbocycles. The minimum Gasteiger partial charge on any atom is -0.541 e. The van der Waals surface area contributed by atoms with E-state index in [9.17, 15) is 4.79 Å². The lowest BCUT2D eigenvalue weighted by atomic mass is 9.92. The van der Waals surface area contributed by atoms with E-state index in [2.05, 4.69) is 33.9 Å². The summed E-state index contributed by atoms with van der Waals surface area (Å²) in [5.74, 6) is 3.05. The molecule has 1 aliphatic carbocycles. The van der Waals surface area contributed by atoms with E-state index in [4.69, 9.17) is 23.4 Å². The number of ketones is 1. The van der Waals surface area contributed by atoms with Crippen molar-refractivity contribution in [3.63, 3.8) is 0 Å². The van der Waals surface area contributed by atoms with Gasteiger partial charge in [0.2, 0.25) is 5.75 Å². The standard InChI is InChI=1S/C27H36O6Si/c1-27(2,3)34(8,9)33-23-14-17(10-13-22(23)29-4)20-15-18(28)11-12-19-21(20)16-24(30-5)26(32-7)25(19)31-6/h10,13-16H,11-12H2,1-9H3. The first-order valence-corrected chi connectivity index (χ1v) is 14.3. The lowest BCUT2D eigenvalue weighted by Gasteiger charge is -2.37. The van der Waals surface area contributed by atoms with Gasteiger partial charge in [0.05, 0.1) is 28.4 Å². The maximum Gasteiger partial charge on any atom is 0.250 e. The summed E-state index contributed by atoms with van der Waals surface area (Å²) >= 11 is 0. The van der Waals surface area contributed by atoms with Crippen molar-refractivity contribution in [1.29, 1.82) is 0 Å². The molecule has 34 heavy (non-hydrogen) atoms. The van der Waals surface area contributed by atoms with Crippen LogP contribution in [0, 0.1) is 0 Å². The lowest BCUT2D eigenvalue weighted by Crippen LogP contribution is -2.43. The Labute approximate surface area is 204 Å². The van der Waals surface area contributed by atoms with E-state index in [1.165, 1.54) is 0 Å². The molecule has 184 valence electrons. The van der Waals surface area contributed by atoms with Crippen LogP contribution in [-0.2, 0) is 11.2 Å². The molecule has 0 aromatic heterocycles. The first-order valence-electron chi connectivity index (χ1n) is 11.4. The molecule has 0 heterocycles. The molecule has 7 heteroatoms. The Hall–Kier alpha value is -2.93. The van der Waals surface area contributed by atoms with Crippen LogP contribution in [0.3, 0.4) is 0 Å². The largest absolute Gasteiger partial charge is 0.541 e. The highest BCUT2D eigenvalue weighted by Crippen LogP contribution is 2.47. The van der Waals surface area contributed by atoms with E-state index in [0.717, 1.165) is 22.3 Å². The van der Waals surface area contributed by atoms with Crippen molar-refractivity contribution in [3.05, 3.63) is 47.0 Å². The number of allylic oxidation sites excluding steroid dienone is 1. The lowest BCUT2D eigenvalue weighted by molar-refractivity contribution is -0.114. The van der Waals surface area contributed by atoms with Crippen molar-refractivity contribution in [3.8, 4) is 28.7 Å². The minimum absolute atomic E-state index is 0.0233. The molecule has 0 saturated heterocycles. The number of hydrogen-bond donors (Lipinski definition) is 0. The summed E-state index contributed by atoms with van der Waals surface area (Å²) in [4.78, 5) is 12.8. The number of carbonyl (C=O) groups is 1. The summed E-state index contributed by atoms with van der Waals surface area (Å²) in [6, 6.07) is 7.73. The predicted octanol–water partition coefficient (Wildman–Crippen LogP) is 6.05. The van der Waals surface area contributed by atoms with Gasteiger partial charge < -0.3 is 23.4 Å². The second kappa shape index (κ2) is 9.74. The predicted molar refractivity (Wildman–Crippen MR) is 137 cm³/mol. The molecule has 1 aliphatic rings. The summed E-state index contributed by atoms with van der Waals surface area (Å²) in [7, 11) is 4.29. The van der Waals surface area contributed by atoms with E-state index in [-0.39, 0.29) is 10.8 Å². The SMILES string of the molecule is COc1ccc(C2=CC(=O)CCc3c2cc(OC)c(OC)c3OC)cc1O[Si](C)(C)C(C)(C)C. The van der Waals surface area contributed by atoms with E-state index in [1.54, 1.807) is 34.5 Å². The summed E-state index contributed by atoms with van der Waals surface area (Å²) in [5.41, 5.74) is 3.45. The van der Waals surface area contributed by atoms with Crippen LogP contribution >= 0.6 is 0 Å². The topological polar surface area (TPSA) is 63.2 Å². The van der Waals surface area contributed by atoms with Crippen LogP contribution in [0.15, 0.2) is 30.3 Å². The highest BCUT2D eigenvalue weighted by Gasteiger charge is 2.39. The van der Waals surface area contributed by atoms with Crippen LogP contribution in [0.1, 0.15) is 43.9 Å². The quantitative estimate of drug-likeness (QED) is 0.446. The van der Waals surface area contributed by atoms with Crippen molar-refractivity contribution >= 4 is 19.7 Å². The van der Waals surface area contributed by atoms with Crippen LogP contribution < -0.4 is 23.4 Å². The van der Waals surface area contributed by atoms with Gasteiger partial charge in [-0.15, -0.1) is 0 Å². The van der Waals surface area contributed by atoms with Crippen molar-refractivity contribution in [1.82, 2.24) is 0 Å². The van der Waals surface area contributed by atoms with Gasteiger partial charge in [-0.2, -0.15) is 0 Å². The summed E-state index contributed by atoms with van der Waals surface area (Å²) in [5, 5.41) is 0.0233. The zero-order valence-electron chi connectivity index (χ0n) is 21.8.